The first-order valence-electron chi connectivity index (χ1n) is 13.9. The van der Waals surface area contributed by atoms with Crippen LogP contribution >= 0.6 is 11.8 Å². The number of nitrogens with two attached hydrogens (primary N) is 1. The van der Waals surface area contributed by atoms with Crippen molar-refractivity contribution in [1.29, 1.82) is 0 Å². The largest absolute Gasteiger partial charge is 0.400 e. The van der Waals surface area contributed by atoms with Crippen molar-refractivity contribution >= 4 is 17.5 Å². The Hall–Kier alpha value is -2.31. The number of aliphatic imine (C=N–C) groups is 1. The number of rotatable bonds is 6. The second kappa shape index (κ2) is 16.5. The first kappa shape index (κ1) is 30.9. The molecule has 0 amide bonds. The zero-order valence-electron chi connectivity index (χ0n) is 23.5. The van der Waals surface area contributed by atoms with Gasteiger partial charge in [-0.2, -0.15) is 0 Å². The van der Waals surface area contributed by atoms with Crippen LogP contribution in [0.1, 0.15) is 60.3 Å². The number of allylic oxidation sites excluding steroid dienone is 11. The highest BCUT2D eigenvalue weighted by atomic mass is 32.2. The molecule has 2 saturated heterocycles. The van der Waals surface area contributed by atoms with E-state index in [0.29, 0.717) is 24.8 Å². The van der Waals surface area contributed by atoms with Crippen molar-refractivity contribution in [3.05, 3.63) is 82.4 Å². The molecule has 4 rings (SSSR count). The van der Waals surface area contributed by atoms with Gasteiger partial charge in [0, 0.05) is 41.1 Å². The van der Waals surface area contributed by atoms with Gasteiger partial charge in [-0.1, -0.05) is 71.1 Å². The summed E-state index contributed by atoms with van der Waals surface area (Å²) in [5.41, 5.74) is 11.8. The standard InChI is InChI=1S/C27H35FN4S.2C2H6/c1-19-6-5-9-24(20(19)2)21-10-13-32(14-11-21)18-31-26-12-15-33-27(26)25(29)17-30-23-8-4-3-7-22(28)16-23;2*1-2/h4-9,16,20-21,30H,1,3,10-15,17-18,29H2,2H3;2*1-2H3/b27-25+,31-26-;;. The Morgan fingerprint density at radius 1 is 1.22 bits per heavy atom. The average Bonchev–Trinajstić information content (AvgIpc) is 3.31. The molecule has 3 N–H and O–H groups in total. The van der Waals surface area contributed by atoms with Crippen LogP contribution in [-0.2, 0) is 0 Å². The number of hydrogen-bond donors (Lipinski definition) is 2. The Balaban J connectivity index is 0.00000115. The summed E-state index contributed by atoms with van der Waals surface area (Å²) in [5, 5.41) is 3.25. The van der Waals surface area contributed by atoms with Gasteiger partial charge < -0.3 is 11.1 Å². The summed E-state index contributed by atoms with van der Waals surface area (Å²) < 4.78 is 13.6. The fourth-order valence-corrected chi connectivity index (χ4v) is 5.85. The van der Waals surface area contributed by atoms with Crippen LogP contribution in [0.3, 0.4) is 0 Å². The number of likely N-dealkylation sites (tertiary alicyclic amines) is 1. The summed E-state index contributed by atoms with van der Waals surface area (Å²) in [4.78, 5) is 8.50. The lowest BCUT2D eigenvalue weighted by Gasteiger charge is -2.35. The lowest BCUT2D eigenvalue weighted by atomic mass is 9.78. The highest BCUT2D eigenvalue weighted by molar-refractivity contribution is 8.04. The quantitative estimate of drug-likeness (QED) is 0.378. The van der Waals surface area contributed by atoms with Gasteiger partial charge in [-0.05, 0) is 55.4 Å². The van der Waals surface area contributed by atoms with Crippen LogP contribution in [0.25, 0.3) is 0 Å². The molecule has 0 saturated carbocycles. The molecule has 1 atom stereocenters. The summed E-state index contributed by atoms with van der Waals surface area (Å²) in [6.07, 6.45) is 17.4. The minimum absolute atomic E-state index is 0.217. The first-order chi connectivity index (χ1) is 18.0. The van der Waals surface area contributed by atoms with Gasteiger partial charge in [-0.25, -0.2) is 4.39 Å². The Morgan fingerprint density at radius 2 is 1.95 bits per heavy atom. The van der Waals surface area contributed by atoms with Crippen molar-refractivity contribution in [2.75, 3.05) is 32.1 Å². The maximum atomic E-state index is 13.6. The fraction of sp³-hybridized carbons (Fsp3) is 0.516. The molecule has 0 bridgehead atoms. The minimum atomic E-state index is -0.217. The zero-order valence-corrected chi connectivity index (χ0v) is 24.3. The van der Waals surface area contributed by atoms with Crippen molar-refractivity contribution in [3.63, 3.8) is 0 Å². The summed E-state index contributed by atoms with van der Waals surface area (Å²) in [6.45, 7) is 17.8. The van der Waals surface area contributed by atoms with Crippen molar-refractivity contribution in [2.45, 2.75) is 60.3 Å². The summed E-state index contributed by atoms with van der Waals surface area (Å²) >= 11 is 1.78. The van der Waals surface area contributed by atoms with Gasteiger partial charge >= 0.3 is 0 Å². The molecule has 4 aliphatic rings. The molecule has 6 heteroatoms. The molecule has 2 fully saturated rings. The Kier molecular flexibility index (Phi) is 13.8. The highest BCUT2D eigenvalue weighted by Crippen LogP contribution is 2.35. The second-order valence-corrected chi connectivity index (χ2v) is 10.2. The van der Waals surface area contributed by atoms with Gasteiger partial charge in [-0.3, -0.25) is 9.89 Å². The van der Waals surface area contributed by atoms with E-state index in [0.717, 1.165) is 53.9 Å². The normalized spacial score (nSPS) is 24.7. The van der Waals surface area contributed by atoms with Gasteiger partial charge in [0.15, 0.2) is 0 Å². The van der Waals surface area contributed by atoms with Crippen molar-refractivity contribution in [1.82, 2.24) is 10.2 Å². The molecule has 4 nitrogen and oxygen atoms in total. The monoisotopic (exact) mass is 526 g/mol. The van der Waals surface area contributed by atoms with E-state index in [1.807, 2.05) is 39.8 Å². The summed E-state index contributed by atoms with van der Waals surface area (Å²) in [5.74, 6) is 1.91. The van der Waals surface area contributed by atoms with Crippen LogP contribution in [0.4, 0.5) is 4.39 Å². The molecule has 2 heterocycles. The Labute approximate surface area is 229 Å². The average molecular weight is 527 g/mol. The number of piperidine rings is 1. The van der Waals surface area contributed by atoms with Crippen LogP contribution in [0.15, 0.2) is 87.4 Å². The third-order valence-electron chi connectivity index (χ3n) is 6.84. The predicted molar refractivity (Wildman–Crippen MR) is 162 cm³/mol. The zero-order chi connectivity index (χ0) is 27.2. The lowest BCUT2D eigenvalue weighted by molar-refractivity contribution is 0.200. The molecule has 0 radical (unpaired) electrons. The minimum Gasteiger partial charge on any atom is -0.400 e. The molecule has 2 aliphatic heterocycles. The molecular formula is C31H47FN4S. The van der Waals surface area contributed by atoms with E-state index < -0.39 is 0 Å². The molecule has 0 aromatic heterocycles. The smallest absolute Gasteiger partial charge is 0.121 e. The van der Waals surface area contributed by atoms with Crippen molar-refractivity contribution < 1.29 is 4.39 Å². The van der Waals surface area contributed by atoms with E-state index >= 15 is 0 Å². The maximum absolute atomic E-state index is 13.6. The van der Waals surface area contributed by atoms with E-state index in [2.05, 4.69) is 41.9 Å². The molecule has 2 aliphatic carbocycles. The third kappa shape index (κ3) is 9.19. The van der Waals surface area contributed by atoms with Gasteiger partial charge in [0.25, 0.3) is 0 Å². The predicted octanol–water partition coefficient (Wildman–Crippen LogP) is 7.43. The Morgan fingerprint density at radius 3 is 2.68 bits per heavy atom. The molecule has 1 unspecified atom stereocenters. The molecule has 0 spiro atoms. The summed E-state index contributed by atoms with van der Waals surface area (Å²) in [6, 6.07) is 0. The fourth-order valence-electron chi connectivity index (χ4n) is 4.76. The number of nitrogens with zero attached hydrogens (tertiary/aromatic N) is 2. The van der Waals surface area contributed by atoms with Gasteiger partial charge in [0.1, 0.15) is 5.83 Å². The number of nitrogens with one attached hydrogen (secondary N) is 1. The first-order valence-corrected chi connectivity index (χ1v) is 14.9. The van der Waals surface area contributed by atoms with Crippen LogP contribution in [0.2, 0.25) is 0 Å². The number of thioether (sulfide) groups is 1. The van der Waals surface area contributed by atoms with E-state index in [4.69, 9.17) is 10.7 Å². The molecule has 204 valence electrons. The van der Waals surface area contributed by atoms with Gasteiger partial charge in [0.05, 0.1) is 18.9 Å². The lowest BCUT2D eigenvalue weighted by Crippen LogP contribution is -2.35. The van der Waals surface area contributed by atoms with E-state index in [9.17, 15) is 4.39 Å². The van der Waals surface area contributed by atoms with E-state index in [1.165, 1.54) is 24.5 Å². The number of hydrogen-bond acceptors (Lipinski definition) is 5. The third-order valence-corrected chi connectivity index (χ3v) is 8.03. The van der Waals surface area contributed by atoms with Crippen LogP contribution in [-0.4, -0.2) is 42.7 Å². The van der Waals surface area contributed by atoms with E-state index in [1.54, 1.807) is 23.4 Å². The van der Waals surface area contributed by atoms with Crippen LogP contribution < -0.4 is 11.1 Å². The number of halogens is 1. The molecule has 37 heavy (non-hydrogen) atoms. The summed E-state index contributed by atoms with van der Waals surface area (Å²) in [7, 11) is 0. The topological polar surface area (TPSA) is 53.6 Å². The van der Waals surface area contributed by atoms with Gasteiger partial charge in [-0.15, -0.1) is 11.8 Å². The SMILES string of the molecule is C=C1C=CC=C(C2CCN(C/N=C3/CCS/C3=C(/N)CNC3=CC(F)=CCC=C3)CC2)C1C.CC.CC. The van der Waals surface area contributed by atoms with Crippen molar-refractivity contribution in [3.8, 4) is 0 Å². The van der Waals surface area contributed by atoms with Gasteiger partial charge in [0.2, 0.25) is 0 Å². The Bertz CT molecular complexity index is 975. The van der Waals surface area contributed by atoms with Crippen LogP contribution in [0.5, 0.6) is 0 Å². The second-order valence-electron chi connectivity index (χ2n) is 9.09. The molecule has 0 aromatic rings. The highest BCUT2D eigenvalue weighted by Gasteiger charge is 2.27. The van der Waals surface area contributed by atoms with Crippen LogP contribution in [0, 0.1) is 11.8 Å². The van der Waals surface area contributed by atoms with E-state index in [-0.39, 0.29) is 5.83 Å². The maximum Gasteiger partial charge on any atom is 0.121 e. The molecule has 0 aromatic carbocycles. The molecular weight excluding hydrogens is 479 g/mol. The van der Waals surface area contributed by atoms with Crippen molar-refractivity contribution in [2.24, 2.45) is 22.6 Å².